The van der Waals surface area contributed by atoms with Crippen LogP contribution in [0.25, 0.3) is 16.3 Å². The molecule has 0 heterocycles. The number of carboxylic acids is 1. The van der Waals surface area contributed by atoms with Gasteiger partial charge in [-0.15, -0.1) is 0 Å². The largest absolute Gasteiger partial charge is 0.503 e. The van der Waals surface area contributed by atoms with Crippen LogP contribution < -0.4 is 4.74 Å². The van der Waals surface area contributed by atoms with Crippen LogP contribution in [0.15, 0.2) is 73.0 Å². The first-order valence-corrected chi connectivity index (χ1v) is 7.85. The number of methoxy groups -OCH3 is 1. The van der Waals surface area contributed by atoms with Crippen LogP contribution in [0, 0.1) is 0 Å². The fourth-order valence-corrected chi connectivity index (χ4v) is 2.66. The molecule has 0 unspecified atom stereocenters. The van der Waals surface area contributed by atoms with Gasteiger partial charge in [0.15, 0.2) is 0 Å². The molecular formula is C21H18O4. The zero-order valence-electron chi connectivity index (χ0n) is 13.8. The summed E-state index contributed by atoms with van der Waals surface area (Å²) >= 11 is 0. The van der Waals surface area contributed by atoms with Crippen LogP contribution in [0.3, 0.4) is 0 Å². The summed E-state index contributed by atoms with van der Waals surface area (Å²) in [6.45, 7) is 0.453. The highest BCUT2D eigenvalue weighted by Crippen LogP contribution is 2.29. The number of ether oxygens (including phenoxy) is 2. The van der Waals surface area contributed by atoms with Crippen molar-refractivity contribution in [1.82, 2.24) is 0 Å². The number of rotatable bonds is 6. The lowest BCUT2D eigenvalue weighted by Crippen LogP contribution is -2.01. The van der Waals surface area contributed by atoms with Crippen molar-refractivity contribution in [3.05, 3.63) is 84.1 Å². The van der Waals surface area contributed by atoms with Crippen LogP contribution in [0.4, 0.5) is 0 Å². The predicted molar refractivity (Wildman–Crippen MR) is 97.3 cm³/mol. The minimum absolute atomic E-state index is 0.105. The standard InChI is InChI=1S/C21H18O4/c1-24-14-20(21(22)23)18-9-5-8-16-10-11-17(12-19(16)18)25-13-15-6-3-2-4-7-15/h2-12,14H,13H2,1H3,(H,22,23)/b20-14+. The number of carboxylic acid groups (broad SMARTS) is 1. The van der Waals surface area contributed by atoms with E-state index in [-0.39, 0.29) is 5.57 Å². The fourth-order valence-electron chi connectivity index (χ4n) is 2.66. The van der Waals surface area contributed by atoms with E-state index >= 15 is 0 Å². The molecular weight excluding hydrogens is 316 g/mol. The quantitative estimate of drug-likeness (QED) is 0.533. The first kappa shape index (κ1) is 16.6. The third-order valence-corrected chi connectivity index (χ3v) is 3.86. The summed E-state index contributed by atoms with van der Waals surface area (Å²) in [6.07, 6.45) is 1.24. The lowest BCUT2D eigenvalue weighted by Gasteiger charge is -2.11. The fraction of sp³-hybridized carbons (Fsp3) is 0.0952. The van der Waals surface area contributed by atoms with Crippen LogP contribution in [0.5, 0.6) is 5.75 Å². The van der Waals surface area contributed by atoms with Gasteiger partial charge in [-0.05, 0) is 28.5 Å². The molecule has 0 spiro atoms. The second-order valence-corrected chi connectivity index (χ2v) is 5.54. The van der Waals surface area contributed by atoms with Crippen molar-refractivity contribution >= 4 is 22.3 Å². The molecule has 3 rings (SSSR count). The van der Waals surface area contributed by atoms with E-state index in [1.807, 2.05) is 60.7 Å². The highest BCUT2D eigenvalue weighted by Gasteiger charge is 2.14. The normalized spacial score (nSPS) is 11.3. The maximum absolute atomic E-state index is 11.5. The molecule has 0 bridgehead atoms. The molecule has 126 valence electrons. The average molecular weight is 334 g/mol. The van der Waals surface area contributed by atoms with Crippen molar-refractivity contribution in [2.45, 2.75) is 6.61 Å². The topological polar surface area (TPSA) is 55.8 Å². The zero-order chi connectivity index (χ0) is 17.6. The van der Waals surface area contributed by atoms with Crippen molar-refractivity contribution in [1.29, 1.82) is 0 Å². The molecule has 4 nitrogen and oxygen atoms in total. The second-order valence-electron chi connectivity index (χ2n) is 5.54. The van der Waals surface area contributed by atoms with Crippen molar-refractivity contribution in [3.8, 4) is 5.75 Å². The maximum Gasteiger partial charge on any atom is 0.339 e. The smallest absolute Gasteiger partial charge is 0.339 e. The van der Waals surface area contributed by atoms with E-state index in [9.17, 15) is 9.90 Å². The molecule has 3 aromatic rings. The molecule has 0 aromatic heterocycles. The van der Waals surface area contributed by atoms with E-state index in [0.717, 1.165) is 16.3 Å². The molecule has 1 N–H and O–H groups in total. The molecule has 0 amide bonds. The number of aliphatic carboxylic acids is 1. The van der Waals surface area contributed by atoms with Gasteiger partial charge in [0, 0.05) is 5.56 Å². The van der Waals surface area contributed by atoms with Crippen LogP contribution in [-0.4, -0.2) is 18.2 Å². The van der Waals surface area contributed by atoms with E-state index < -0.39 is 5.97 Å². The van der Waals surface area contributed by atoms with Crippen LogP contribution in [0.1, 0.15) is 11.1 Å². The van der Waals surface area contributed by atoms with Gasteiger partial charge in [0.05, 0.1) is 13.4 Å². The average Bonchev–Trinajstić information content (AvgIpc) is 2.64. The zero-order valence-corrected chi connectivity index (χ0v) is 13.8. The highest BCUT2D eigenvalue weighted by atomic mass is 16.5. The Morgan fingerprint density at radius 1 is 1.04 bits per heavy atom. The van der Waals surface area contributed by atoms with Gasteiger partial charge >= 0.3 is 5.97 Å². The number of fused-ring (bicyclic) bond motifs is 1. The molecule has 0 aliphatic heterocycles. The molecule has 0 saturated carbocycles. The van der Waals surface area contributed by atoms with Gasteiger partial charge < -0.3 is 14.6 Å². The SMILES string of the molecule is CO/C=C(/C(=O)O)c1cccc2ccc(OCc3ccccc3)cc12. The molecule has 0 radical (unpaired) electrons. The third-order valence-electron chi connectivity index (χ3n) is 3.86. The van der Waals surface area contributed by atoms with E-state index in [0.29, 0.717) is 17.9 Å². The minimum atomic E-state index is -1.04. The van der Waals surface area contributed by atoms with Crippen molar-refractivity contribution in [2.75, 3.05) is 7.11 Å². The third kappa shape index (κ3) is 3.80. The van der Waals surface area contributed by atoms with Crippen molar-refractivity contribution < 1.29 is 19.4 Å². The molecule has 0 saturated heterocycles. The monoisotopic (exact) mass is 334 g/mol. The molecule has 0 aliphatic rings. The Morgan fingerprint density at radius 3 is 2.56 bits per heavy atom. The Morgan fingerprint density at radius 2 is 1.84 bits per heavy atom. The molecule has 3 aromatic carbocycles. The Labute approximate surface area is 145 Å². The summed E-state index contributed by atoms with van der Waals surface area (Å²) in [7, 11) is 1.43. The Bertz CT molecular complexity index is 914. The number of benzene rings is 3. The van der Waals surface area contributed by atoms with Gasteiger partial charge in [-0.1, -0.05) is 54.6 Å². The van der Waals surface area contributed by atoms with E-state index in [1.165, 1.54) is 13.4 Å². The Kier molecular flexibility index (Phi) is 5.00. The van der Waals surface area contributed by atoms with Gasteiger partial charge in [-0.25, -0.2) is 4.79 Å². The number of carbonyl (C=O) groups is 1. The summed E-state index contributed by atoms with van der Waals surface area (Å²) in [5.74, 6) is -0.351. The predicted octanol–water partition coefficient (Wildman–Crippen LogP) is 4.49. The first-order valence-electron chi connectivity index (χ1n) is 7.85. The van der Waals surface area contributed by atoms with Gasteiger partial charge in [0.1, 0.15) is 17.9 Å². The lowest BCUT2D eigenvalue weighted by molar-refractivity contribution is -0.130. The minimum Gasteiger partial charge on any atom is -0.503 e. The molecule has 4 heteroatoms. The van der Waals surface area contributed by atoms with Crippen LogP contribution in [0.2, 0.25) is 0 Å². The second kappa shape index (κ2) is 7.53. The van der Waals surface area contributed by atoms with Crippen LogP contribution in [-0.2, 0) is 16.1 Å². The van der Waals surface area contributed by atoms with Crippen molar-refractivity contribution in [3.63, 3.8) is 0 Å². The molecule has 0 aliphatic carbocycles. The number of hydrogen-bond acceptors (Lipinski definition) is 3. The maximum atomic E-state index is 11.5. The molecule has 0 fully saturated rings. The van der Waals surface area contributed by atoms with Crippen molar-refractivity contribution in [2.24, 2.45) is 0 Å². The summed E-state index contributed by atoms with van der Waals surface area (Å²) < 4.78 is 10.8. The van der Waals surface area contributed by atoms with E-state index in [2.05, 4.69) is 0 Å². The summed E-state index contributed by atoms with van der Waals surface area (Å²) in [5, 5.41) is 11.2. The highest BCUT2D eigenvalue weighted by molar-refractivity contribution is 6.19. The van der Waals surface area contributed by atoms with Gasteiger partial charge in [0.2, 0.25) is 0 Å². The Balaban J connectivity index is 1.97. The van der Waals surface area contributed by atoms with E-state index in [1.54, 1.807) is 6.07 Å². The molecule has 0 atom stereocenters. The molecule has 25 heavy (non-hydrogen) atoms. The lowest BCUT2D eigenvalue weighted by atomic mass is 9.99. The van der Waals surface area contributed by atoms with Gasteiger partial charge in [-0.2, -0.15) is 0 Å². The summed E-state index contributed by atoms with van der Waals surface area (Å²) in [5.41, 5.74) is 1.77. The Hall–Kier alpha value is -3.27. The van der Waals surface area contributed by atoms with Gasteiger partial charge in [0.25, 0.3) is 0 Å². The van der Waals surface area contributed by atoms with Gasteiger partial charge in [-0.3, -0.25) is 0 Å². The summed E-state index contributed by atoms with van der Waals surface area (Å²) in [4.78, 5) is 11.5. The van der Waals surface area contributed by atoms with Crippen LogP contribution >= 0.6 is 0 Å². The van der Waals surface area contributed by atoms with E-state index in [4.69, 9.17) is 9.47 Å². The summed E-state index contributed by atoms with van der Waals surface area (Å²) in [6, 6.07) is 21.1. The number of hydrogen-bond donors (Lipinski definition) is 1. The first-order chi connectivity index (χ1) is 12.2.